The summed E-state index contributed by atoms with van der Waals surface area (Å²) in [6, 6.07) is 0. The average molecular weight is 321 g/mol. The smallest absolute Gasteiger partial charge is 0.180 e. The Labute approximate surface area is 118 Å². The van der Waals surface area contributed by atoms with Gasteiger partial charge in [0.1, 0.15) is 4.60 Å². The SMILES string of the molecule is Cc1cnn(CCNc2nc(Br)cn3ccnc23)c1. The monoisotopic (exact) mass is 320 g/mol. The van der Waals surface area contributed by atoms with Crippen LogP contribution in [-0.4, -0.2) is 30.7 Å². The van der Waals surface area contributed by atoms with Crippen molar-refractivity contribution in [3.05, 3.63) is 41.2 Å². The van der Waals surface area contributed by atoms with Crippen LogP contribution in [0, 0.1) is 6.92 Å². The van der Waals surface area contributed by atoms with Crippen molar-refractivity contribution in [1.82, 2.24) is 24.1 Å². The van der Waals surface area contributed by atoms with E-state index in [1.165, 1.54) is 0 Å². The van der Waals surface area contributed by atoms with E-state index in [2.05, 4.69) is 36.3 Å². The summed E-state index contributed by atoms with van der Waals surface area (Å²) in [4.78, 5) is 8.69. The van der Waals surface area contributed by atoms with Crippen LogP contribution in [0.4, 0.5) is 5.82 Å². The molecule has 0 saturated heterocycles. The van der Waals surface area contributed by atoms with Crippen LogP contribution in [0.3, 0.4) is 0 Å². The molecule has 0 saturated carbocycles. The van der Waals surface area contributed by atoms with Gasteiger partial charge >= 0.3 is 0 Å². The zero-order valence-corrected chi connectivity index (χ0v) is 12.0. The van der Waals surface area contributed by atoms with Crippen LogP contribution in [0.2, 0.25) is 0 Å². The van der Waals surface area contributed by atoms with Gasteiger partial charge in [-0.3, -0.25) is 4.68 Å². The maximum absolute atomic E-state index is 4.40. The lowest BCUT2D eigenvalue weighted by Gasteiger charge is -2.07. The number of halogens is 1. The highest BCUT2D eigenvalue weighted by atomic mass is 79.9. The summed E-state index contributed by atoms with van der Waals surface area (Å²) >= 11 is 3.39. The van der Waals surface area contributed by atoms with Crippen molar-refractivity contribution in [2.75, 3.05) is 11.9 Å². The Hall–Kier alpha value is -1.89. The summed E-state index contributed by atoms with van der Waals surface area (Å²) < 4.78 is 4.61. The van der Waals surface area contributed by atoms with Gasteiger partial charge in [0.25, 0.3) is 0 Å². The number of nitrogens with zero attached hydrogens (tertiary/aromatic N) is 5. The molecule has 7 heteroatoms. The lowest BCUT2D eigenvalue weighted by Crippen LogP contribution is -2.12. The molecule has 0 aromatic carbocycles. The molecule has 0 unspecified atom stereocenters. The highest BCUT2D eigenvalue weighted by Gasteiger charge is 2.05. The minimum absolute atomic E-state index is 0.743. The van der Waals surface area contributed by atoms with Gasteiger partial charge in [0.2, 0.25) is 0 Å². The van der Waals surface area contributed by atoms with Crippen LogP contribution in [-0.2, 0) is 6.54 Å². The average Bonchev–Trinajstić information content (AvgIpc) is 2.98. The molecule has 0 atom stereocenters. The largest absolute Gasteiger partial charge is 0.365 e. The molecule has 0 aliphatic rings. The molecule has 3 heterocycles. The van der Waals surface area contributed by atoms with E-state index < -0.39 is 0 Å². The van der Waals surface area contributed by atoms with Gasteiger partial charge in [0.15, 0.2) is 11.5 Å². The summed E-state index contributed by atoms with van der Waals surface area (Å²) in [5.41, 5.74) is 1.98. The highest BCUT2D eigenvalue weighted by Crippen LogP contribution is 2.16. The molecular formula is C12H13BrN6. The van der Waals surface area contributed by atoms with Gasteiger partial charge in [-0.15, -0.1) is 0 Å². The van der Waals surface area contributed by atoms with Crippen molar-refractivity contribution in [2.45, 2.75) is 13.5 Å². The van der Waals surface area contributed by atoms with E-state index in [1.54, 1.807) is 6.20 Å². The van der Waals surface area contributed by atoms with E-state index in [0.717, 1.165) is 34.7 Å². The van der Waals surface area contributed by atoms with Crippen LogP contribution in [0.5, 0.6) is 0 Å². The van der Waals surface area contributed by atoms with Crippen molar-refractivity contribution >= 4 is 27.4 Å². The Morgan fingerprint density at radius 2 is 2.26 bits per heavy atom. The second-order valence-electron chi connectivity index (χ2n) is 4.28. The van der Waals surface area contributed by atoms with Crippen molar-refractivity contribution in [1.29, 1.82) is 0 Å². The Morgan fingerprint density at radius 3 is 3.05 bits per heavy atom. The van der Waals surface area contributed by atoms with Gasteiger partial charge in [-0.05, 0) is 28.4 Å². The minimum Gasteiger partial charge on any atom is -0.365 e. The van der Waals surface area contributed by atoms with Crippen molar-refractivity contribution in [3.8, 4) is 0 Å². The minimum atomic E-state index is 0.743. The molecule has 6 nitrogen and oxygen atoms in total. The molecule has 3 aromatic heterocycles. The van der Waals surface area contributed by atoms with Gasteiger partial charge in [-0.1, -0.05) is 0 Å². The van der Waals surface area contributed by atoms with Crippen LogP contribution in [0.25, 0.3) is 5.65 Å². The van der Waals surface area contributed by atoms with Gasteiger partial charge < -0.3 is 9.72 Å². The first kappa shape index (κ1) is 12.2. The predicted molar refractivity (Wildman–Crippen MR) is 76.1 cm³/mol. The van der Waals surface area contributed by atoms with E-state index in [1.807, 2.05) is 40.8 Å². The number of aromatic nitrogens is 5. The lowest BCUT2D eigenvalue weighted by molar-refractivity contribution is 0.636. The third-order valence-electron chi connectivity index (χ3n) is 2.74. The van der Waals surface area contributed by atoms with Crippen molar-refractivity contribution in [2.24, 2.45) is 0 Å². The maximum Gasteiger partial charge on any atom is 0.180 e. The molecule has 3 rings (SSSR count). The molecular weight excluding hydrogens is 308 g/mol. The topological polar surface area (TPSA) is 60.0 Å². The summed E-state index contributed by atoms with van der Waals surface area (Å²) in [6.07, 6.45) is 9.39. The number of nitrogens with one attached hydrogen (secondary N) is 1. The van der Waals surface area contributed by atoms with Crippen LogP contribution in [0.1, 0.15) is 5.56 Å². The maximum atomic E-state index is 4.40. The Morgan fingerprint density at radius 1 is 1.37 bits per heavy atom. The predicted octanol–water partition coefficient (Wildman–Crippen LogP) is 2.11. The highest BCUT2D eigenvalue weighted by molar-refractivity contribution is 9.10. The fraction of sp³-hybridized carbons (Fsp3) is 0.250. The standard InChI is InChI=1S/C12H13BrN6/c1-9-6-16-19(7-9)5-3-14-11-12-15-2-4-18(12)8-10(13)17-11/h2,4,6-8H,3,5H2,1H3,(H,14,17). The number of hydrogen-bond acceptors (Lipinski definition) is 4. The number of fused-ring (bicyclic) bond motifs is 1. The third-order valence-corrected chi connectivity index (χ3v) is 3.12. The molecule has 98 valence electrons. The molecule has 0 aliphatic heterocycles. The van der Waals surface area contributed by atoms with Gasteiger partial charge in [0, 0.05) is 31.3 Å². The van der Waals surface area contributed by atoms with Crippen LogP contribution >= 0.6 is 15.9 Å². The quantitative estimate of drug-likeness (QED) is 0.799. The number of rotatable bonds is 4. The molecule has 1 N–H and O–H groups in total. The van der Waals surface area contributed by atoms with Crippen LogP contribution in [0.15, 0.2) is 35.6 Å². The zero-order valence-electron chi connectivity index (χ0n) is 10.4. The fourth-order valence-corrected chi connectivity index (χ4v) is 2.30. The van der Waals surface area contributed by atoms with Gasteiger partial charge in [-0.2, -0.15) is 5.10 Å². The number of anilines is 1. The Kier molecular flexibility index (Phi) is 3.20. The second kappa shape index (κ2) is 5.00. The van der Waals surface area contributed by atoms with Gasteiger partial charge in [-0.25, -0.2) is 9.97 Å². The fourth-order valence-electron chi connectivity index (χ4n) is 1.90. The summed E-state index contributed by atoms with van der Waals surface area (Å²) in [6.45, 7) is 3.56. The molecule has 0 spiro atoms. The number of imidazole rings is 1. The second-order valence-corrected chi connectivity index (χ2v) is 5.09. The molecule has 19 heavy (non-hydrogen) atoms. The van der Waals surface area contributed by atoms with E-state index in [9.17, 15) is 0 Å². The van der Waals surface area contributed by atoms with Crippen molar-refractivity contribution in [3.63, 3.8) is 0 Å². The van der Waals surface area contributed by atoms with Crippen molar-refractivity contribution < 1.29 is 0 Å². The number of aryl methyl sites for hydroxylation is 1. The van der Waals surface area contributed by atoms with E-state index >= 15 is 0 Å². The van der Waals surface area contributed by atoms with E-state index in [-0.39, 0.29) is 0 Å². The van der Waals surface area contributed by atoms with Crippen LogP contribution < -0.4 is 5.32 Å². The molecule has 3 aromatic rings. The van der Waals surface area contributed by atoms with E-state index in [0.29, 0.717) is 0 Å². The van der Waals surface area contributed by atoms with E-state index in [4.69, 9.17) is 0 Å². The zero-order chi connectivity index (χ0) is 13.2. The first-order chi connectivity index (χ1) is 9.22. The Bertz CT molecular complexity index is 701. The normalized spacial score (nSPS) is 11.1. The first-order valence-corrected chi connectivity index (χ1v) is 6.74. The molecule has 0 bridgehead atoms. The molecule has 0 fully saturated rings. The number of hydrogen-bond donors (Lipinski definition) is 1. The summed E-state index contributed by atoms with van der Waals surface area (Å²) in [5, 5.41) is 7.53. The summed E-state index contributed by atoms with van der Waals surface area (Å²) in [7, 11) is 0. The Balaban J connectivity index is 1.73. The molecule has 0 radical (unpaired) electrons. The molecule has 0 aliphatic carbocycles. The third kappa shape index (κ3) is 2.60. The molecule has 0 amide bonds. The van der Waals surface area contributed by atoms with Gasteiger partial charge in [0.05, 0.1) is 12.7 Å². The lowest BCUT2D eigenvalue weighted by atomic mass is 10.4. The first-order valence-electron chi connectivity index (χ1n) is 5.94. The summed E-state index contributed by atoms with van der Waals surface area (Å²) in [5.74, 6) is 0.767.